The zero-order valence-electron chi connectivity index (χ0n) is 30.6. The van der Waals surface area contributed by atoms with Crippen molar-refractivity contribution < 1.29 is 38.1 Å². The molecule has 4 atom stereocenters. The highest BCUT2D eigenvalue weighted by Gasteiger charge is 2.41. The van der Waals surface area contributed by atoms with Crippen molar-refractivity contribution in [3.8, 4) is 0 Å². The van der Waals surface area contributed by atoms with Crippen molar-refractivity contribution in [3.05, 3.63) is 59.7 Å². The van der Waals surface area contributed by atoms with Crippen molar-refractivity contribution in [2.75, 3.05) is 36.0 Å². The number of ether oxygens (including phenoxy) is 4. The number of carbonyl (C=O) groups is 4. The fourth-order valence-corrected chi connectivity index (χ4v) is 7.00. The Morgan fingerprint density at radius 3 is 1.34 bits per heavy atom. The summed E-state index contributed by atoms with van der Waals surface area (Å²) in [5.41, 5.74) is 2.86. The molecule has 0 spiro atoms. The van der Waals surface area contributed by atoms with Gasteiger partial charge < -0.3 is 28.7 Å². The van der Waals surface area contributed by atoms with E-state index in [1.54, 1.807) is 19.6 Å². The number of piperidine rings is 2. The number of rotatable bonds is 2. The number of hydrogen-bond acceptors (Lipinski definition) is 8. The molecule has 50 heavy (non-hydrogen) atoms. The van der Waals surface area contributed by atoms with Crippen LogP contribution in [0.1, 0.15) is 79.4 Å². The van der Waals surface area contributed by atoms with Crippen molar-refractivity contribution in [3.63, 3.8) is 0 Å². The van der Waals surface area contributed by atoms with Crippen LogP contribution in [-0.4, -0.2) is 83.6 Å². The number of para-hydroxylation sites is 2. The second kappa shape index (κ2) is 14.8. The first-order valence-electron chi connectivity index (χ1n) is 17.6. The Morgan fingerprint density at radius 2 is 1.00 bits per heavy atom. The van der Waals surface area contributed by atoms with E-state index in [9.17, 15) is 19.2 Å². The van der Waals surface area contributed by atoms with Gasteiger partial charge in [-0.15, -0.1) is 0 Å². The number of hydrogen-bond donors (Lipinski definition) is 0. The van der Waals surface area contributed by atoms with Crippen LogP contribution in [0.2, 0.25) is 0 Å². The van der Waals surface area contributed by atoms with E-state index < -0.39 is 11.2 Å². The maximum Gasteiger partial charge on any atom is 0.414 e. The summed E-state index contributed by atoms with van der Waals surface area (Å²) in [6.45, 7) is 18.2. The molecule has 4 amide bonds. The zero-order chi connectivity index (χ0) is 36.4. The van der Waals surface area contributed by atoms with E-state index in [1.807, 2.05) is 90.1 Å². The molecule has 4 aliphatic rings. The van der Waals surface area contributed by atoms with Crippen molar-refractivity contribution in [2.45, 2.75) is 105 Å². The van der Waals surface area contributed by atoms with Gasteiger partial charge in [-0.05, 0) is 78.4 Å². The van der Waals surface area contributed by atoms with Gasteiger partial charge in [0.2, 0.25) is 0 Å². The van der Waals surface area contributed by atoms with Crippen molar-refractivity contribution >= 4 is 35.7 Å². The molecule has 0 aliphatic carbocycles. The van der Waals surface area contributed by atoms with Crippen LogP contribution in [0, 0.1) is 11.8 Å². The number of amides is 4. The summed E-state index contributed by atoms with van der Waals surface area (Å²) >= 11 is 0. The first kappa shape index (κ1) is 36.8. The minimum Gasteiger partial charge on any atom is -0.444 e. The molecule has 0 N–H and O–H groups in total. The lowest BCUT2D eigenvalue weighted by atomic mass is 9.91. The third-order valence-electron chi connectivity index (χ3n) is 9.28. The highest BCUT2D eigenvalue weighted by atomic mass is 16.6. The summed E-state index contributed by atoms with van der Waals surface area (Å²) in [6, 6.07) is 15.7. The van der Waals surface area contributed by atoms with Gasteiger partial charge in [0.25, 0.3) is 0 Å². The van der Waals surface area contributed by atoms with Crippen molar-refractivity contribution in [1.29, 1.82) is 0 Å². The average molecular weight is 693 g/mol. The summed E-state index contributed by atoms with van der Waals surface area (Å²) in [5, 5.41) is 0. The lowest BCUT2D eigenvalue weighted by Crippen LogP contribution is -2.55. The Bertz CT molecular complexity index is 1450. The molecular weight excluding hydrogens is 640 g/mol. The molecule has 0 radical (unpaired) electrons. The summed E-state index contributed by atoms with van der Waals surface area (Å²) < 4.78 is 21.6. The van der Waals surface area contributed by atoms with Crippen LogP contribution >= 0.6 is 0 Å². The van der Waals surface area contributed by atoms with Crippen LogP contribution in [0.5, 0.6) is 0 Å². The molecule has 2 fully saturated rings. The molecule has 6 rings (SSSR count). The van der Waals surface area contributed by atoms with Crippen LogP contribution in [0.15, 0.2) is 48.5 Å². The number of cyclic esters (lactones) is 2. The number of nitrogens with zero attached hydrogens (tertiary/aromatic N) is 4. The first-order valence-corrected chi connectivity index (χ1v) is 17.6. The van der Waals surface area contributed by atoms with Crippen molar-refractivity contribution in [1.82, 2.24) is 9.80 Å². The van der Waals surface area contributed by atoms with E-state index in [0.717, 1.165) is 22.5 Å². The summed E-state index contributed by atoms with van der Waals surface area (Å²) in [5.74, 6) is 0.250. The molecule has 0 bridgehead atoms. The molecule has 272 valence electrons. The molecular formula is C38H52N4O8. The maximum atomic E-state index is 12.4. The smallest absolute Gasteiger partial charge is 0.414 e. The Balaban J connectivity index is 0.000000194. The lowest BCUT2D eigenvalue weighted by molar-refractivity contribution is 0.0143. The van der Waals surface area contributed by atoms with Gasteiger partial charge in [0.1, 0.15) is 24.4 Å². The van der Waals surface area contributed by atoms with Gasteiger partial charge in [-0.3, -0.25) is 9.80 Å². The quantitative estimate of drug-likeness (QED) is 0.296. The third kappa shape index (κ3) is 8.62. The van der Waals surface area contributed by atoms with Crippen molar-refractivity contribution in [2.24, 2.45) is 11.8 Å². The maximum absolute atomic E-state index is 12.4. The van der Waals surface area contributed by atoms with Gasteiger partial charge in [-0.2, -0.15) is 0 Å². The number of anilines is 2. The van der Waals surface area contributed by atoms with E-state index in [2.05, 4.69) is 13.8 Å². The summed E-state index contributed by atoms with van der Waals surface area (Å²) in [7, 11) is 0. The number of benzene rings is 2. The minimum absolute atomic E-state index is 0.00707. The summed E-state index contributed by atoms with van der Waals surface area (Å²) in [4.78, 5) is 56.4. The Hall–Kier alpha value is -4.48. The number of likely N-dealkylation sites (tertiary alicyclic amines) is 2. The monoisotopic (exact) mass is 692 g/mol. The molecule has 2 aromatic rings. The highest BCUT2D eigenvalue weighted by molar-refractivity contribution is 5.92. The van der Waals surface area contributed by atoms with E-state index in [0.29, 0.717) is 52.2 Å². The molecule has 12 heteroatoms. The van der Waals surface area contributed by atoms with E-state index >= 15 is 0 Å². The predicted molar refractivity (Wildman–Crippen MR) is 189 cm³/mol. The van der Waals surface area contributed by atoms with Gasteiger partial charge in [-0.25, -0.2) is 19.2 Å². The Kier molecular flexibility index (Phi) is 10.9. The van der Waals surface area contributed by atoms with Crippen LogP contribution in [0.4, 0.5) is 30.6 Å². The van der Waals surface area contributed by atoms with E-state index in [-0.39, 0.29) is 48.3 Å². The van der Waals surface area contributed by atoms with Crippen LogP contribution < -0.4 is 9.80 Å². The SMILES string of the molecule is C[C@@H]1CN(C(=O)OC(C)(C)C)CC[C@@H]1N1C(=O)OCc2ccccc21.C[C@H]1CN(C(=O)OC(C)(C)C)CC[C@@H]1N1C(=O)OCc2ccccc21. The van der Waals surface area contributed by atoms with Crippen LogP contribution in [0.25, 0.3) is 0 Å². The third-order valence-corrected chi connectivity index (χ3v) is 9.28. The standard InChI is InChI=1S/2C19H26N2O4/c2*1-13-11-20(17(22)25-19(2,3)4)10-9-15(13)21-16-8-6-5-7-14(16)12-24-18(21)23/h2*5-8,13,15H,9-12H2,1-4H3/t13-,15+;13-,15-/m10/s1. The highest BCUT2D eigenvalue weighted by Crippen LogP contribution is 2.35. The van der Waals surface area contributed by atoms with Gasteiger partial charge in [-0.1, -0.05) is 50.2 Å². The molecule has 12 nitrogen and oxygen atoms in total. The average Bonchev–Trinajstić information content (AvgIpc) is 3.04. The zero-order valence-corrected chi connectivity index (χ0v) is 30.6. The lowest BCUT2D eigenvalue weighted by Gasteiger charge is -2.43. The Morgan fingerprint density at radius 1 is 0.640 bits per heavy atom. The Labute approximate surface area is 295 Å². The number of carbonyl (C=O) groups excluding carboxylic acids is 4. The number of fused-ring (bicyclic) bond motifs is 2. The van der Waals surface area contributed by atoms with E-state index in [4.69, 9.17) is 18.9 Å². The second-order valence-corrected chi connectivity index (χ2v) is 15.6. The van der Waals surface area contributed by atoms with Gasteiger partial charge in [0, 0.05) is 49.4 Å². The largest absolute Gasteiger partial charge is 0.444 e. The molecule has 0 saturated carbocycles. The molecule has 4 heterocycles. The van der Waals surface area contributed by atoms with Crippen LogP contribution in [-0.2, 0) is 32.2 Å². The fraction of sp³-hybridized carbons (Fsp3) is 0.579. The molecule has 2 aromatic carbocycles. The predicted octanol–water partition coefficient (Wildman–Crippen LogP) is 7.58. The molecule has 0 unspecified atom stereocenters. The topological polar surface area (TPSA) is 118 Å². The molecule has 2 saturated heterocycles. The minimum atomic E-state index is -0.507. The van der Waals surface area contributed by atoms with Gasteiger partial charge in [0.15, 0.2) is 0 Å². The van der Waals surface area contributed by atoms with E-state index in [1.165, 1.54) is 0 Å². The fourth-order valence-electron chi connectivity index (χ4n) is 7.00. The summed E-state index contributed by atoms with van der Waals surface area (Å²) in [6.07, 6.45) is 0.203. The van der Waals surface area contributed by atoms with Gasteiger partial charge in [0.05, 0.1) is 11.4 Å². The second-order valence-electron chi connectivity index (χ2n) is 15.6. The molecule has 0 aromatic heterocycles. The molecule has 4 aliphatic heterocycles. The van der Waals surface area contributed by atoms with Crippen LogP contribution in [0.3, 0.4) is 0 Å². The first-order chi connectivity index (χ1) is 23.5. The normalized spacial score (nSPS) is 23.8. The van der Waals surface area contributed by atoms with Gasteiger partial charge >= 0.3 is 24.4 Å².